The first kappa shape index (κ1) is 15.5. The fourth-order valence-corrected chi connectivity index (χ4v) is 2.48. The Morgan fingerprint density at radius 3 is 2.28 bits per heavy atom. The van der Waals surface area contributed by atoms with Gasteiger partial charge in [-0.05, 0) is 18.9 Å². The predicted octanol–water partition coefficient (Wildman–Crippen LogP) is 2.76. The molecular weight excluding hydrogens is 224 g/mol. The molecule has 106 valence electrons. The molecule has 0 aromatic heterocycles. The zero-order valence-corrected chi connectivity index (χ0v) is 12.5. The molecule has 0 N–H and O–H groups in total. The Balaban J connectivity index is 2.07. The Bertz CT molecular complexity index is 233. The van der Waals surface area contributed by atoms with Crippen LogP contribution in [0.5, 0.6) is 0 Å². The Kier molecular flexibility index (Phi) is 7.33. The molecule has 1 saturated heterocycles. The highest BCUT2D eigenvalue weighted by atomic mass is 16.2. The normalized spacial score (nSPS) is 17.4. The van der Waals surface area contributed by atoms with Crippen molar-refractivity contribution in [1.29, 1.82) is 0 Å². The van der Waals surface area contributed by atoms with Gasteiger partial charge in [0.25, 0.3) is 0 Å². The Hall–Kier alpha value is -0.570. The van der Waals surface area contributed by atoms with Crippen molar-refractivity contribution in [2.24, 2.45) is 5.92 Å². The first-order valence-electron chi connectivity index (χ1n) is 7.63. The molecule has 0 aromatic carbocycles. The number of carbonyl (C=O) groups excluding carboxylic acids is 1. The van der Waals surface area contributed by atoms with E-state index in [0.717, 1.165) is 51.5 Å². The van der Waals surface area contributed by atoms with Crippen molar-refractivity contribution in [1.82, 2.24) is 9.80 Å². The van der Waals surface area contributed by atoms with E-state index in [2.05, 4.69) is 30.6 Å². The fourth-order valence-electron chi connectivity index (χ4n) is 2.48. The highest BCUT2D eigenvalue weighted by Crippen LogP contribution is 2.11. The van der Waals surface area contributed by atoms with Crippen molar-refractivity contribution >= 4 is 5.91 Å². The summed E-state index contributed by atoms with van der Waals surface area (Å²) in [7, 11) is 0. The number of amides is 1. The number of likely N-dealkylation sites (N-methyl/N-ethyl adjacent to an activating group) is 1. The van der Waals surface area contributed by atoms with Gasteiger partial charge < -0.3 is 9.80 Å². The van der Waals surface area contributed by atoms with Gasteiger partial charge in [-0.3, -0.25) is 4.79 Å². The number of rotatable bonds is 7. The van der Waals surface area contributed by atoms with Crippen LogP contribution in [0.1, 0.15) is 52.9 Å². The number of carbonyl (C=O) groups is 1. The molecule has 0 spiro atoms. The molecule has 0 unspecified atom stereocenters. The van der Waals surface area contributed by atoms with Crippen LogP contribution in [-0.2, 0) is 4.79 Å². The van der Waals surface area contributed by atoms with E-state index in [4.69, 9.17) is 0 Å². The Labute approximate surface area is 113 Å². The highest BCUT2D eigenvalue weighted by molar-refractivity contribution is 5.76. The van der Waals surface area contributed by atoms with Gasteiger partial charge in [-0.1, -0.05) is 40.0 Å². The lowest BCUT2D eigenvalue weighted by Gasteiger charge is -2.34. The largest absolute Gasteiger partial charge is 0.340 e. The summed E-state index contributed by atoms with van der Waals surface area (Å²) < 4.78 is 0. The van der Waals surface area contributed by atoms with E-state index in [1.165, 1.54) is 19.3 Å². The van der Waals surface area contributed by atoms with Gasteiger partial charge in [-0.25, -0.2) is 0 Å². The Morgan fingerprint density at radius 2 is 1.72 bits per heavy atom. The summed E-state index contributed by atoms with van der Waals surface area (Å²) in [5, 5.41) is 0. The van der Waals surface area contributed by atoms with Crippen LogP contribution in [0.4, 0.5) is 0 Å². The van der Waals surface area contributed by atoms with Gasteiger partial charge in [0, 0.05) is 32.6 Å². The van der Waals surface area contributed by atoms with Crippen molar-refractivity contribution in [3.8, 4) is 0 Å². The van der Waals surface area contributed by atoms with Crippen LogP contribution in [0.2, 0.25) is 0 Å². The molecule has 1 fully saturated rings. The Morgan fingerprint density at radius 1 is 1.06 bits per heavy atom. The fraction of sp³-hybridized carbons (Fsp3) is 0.933. The van der Waals surface area contributed by atoms with Crippen LogP contribution in [0.25, 0.3) is 0 Å². The maximum atomic E-state index is 12.0. The summed E-state index contributed by atoms with van der Waals surface area (Å²) in [6, 6.07) is 0. The molecule has 0 bridgehead atoms. The van der Waals surface area contributed by atoms with Crippen LogP contribution in [0.15, 0.2) is 0 Å². The number of hydrogen-bond acceptors (Lipinski definition) is 2. The second-order valence-corrected chi connectivity index (χ2v) is 5.81. The van der Waals surface area contributed by atoms with E-state index in [1.807, 2.05) is 0 Å². The van der Waals surface area contributed by atoms with Crippen LogP contribution in [0, 0.1) is 5.92 Å². The van der Waals surface area contributed by atoms with E-state index < -0.39 is 0 Å². The van der Waals surface area contributed by atoms with E-state index in [1.54, 1.807) is 0 Å². The highest BCUT2D eigenvalue weighted by Gasteiger charge is 2.19. The van der Waals surface area contributed by atoms with Gasteiger partial charge in [0.05, 0.1) is 0 Å². The van der Waals surface area contributed by atoms with Gasteiger partial charge in [0.15, 0.2) is 0 Å². The summed E-state index contributed by atoms with van der Waals surface area (Å²) >= 11 is 0. The number of nitrogens with zero attached hydrogens (tertiary/aromatic N) is 2. The topological polar surface area (TPSA) is 23.6 Å². The molecule has 18 heavy (non-hydrogen) atoms. The molecule has 0 aliphatic carbocycles. The van der Waals surface area contributed by atoms with Crippen molar-refractivity contribution in [2.75, 3.05) is 32.7 Å². The molecular formula is C15H30N2O. The smallest absolute Gasteiger partial charge is 0.222 e. The van der Waals surface area contributed by atoms with Crippen LogP contribution < -0.4 is 0 Å². The molecule has 1 aliphatic rings. The molecule has 1 amide bonds. The summed E-state index contributed by atoms with van der Waals surface area (Å²) in [5.74, 6) is 1.16. The minimum absolute atomic E-state index is 0.371. The quantitative estimate of drug-likeness (QED) is 0.652. The minimum Gasteiger partial charge on any atom is -0.340 e. The molecule has 0 aromatic rings. The summed E-state index contributed by atoms with van der Waals surface area (Å²) in [6.45, 7) is 11.8. The lowest BCUT2D eigenvalue weighted by molar-refractivity contribution is -0.133. The molecule has 0 atom stereocenters. The van der Waals surface area contributed by atoms with E-state index in [0.29, 0.717) is 5.91 Å². The second kappa shape index (κ2) is 8.52. The standard InChI is InChI=1S/C15H30N2O/c1-4-16-10-12-17(13-11-16)15(18)9-7-5-6-8-14(2)3/h14H,4-13H2,1-3H3. The van der Waals surface area contributed by atoms with Gasteiger partial charge >= 0.3 is 0 Å². The first-order chi connectivity index (χ1) is 8.63. The molecule has 0 radical (unpaired) electrons. The third-order valence-electron chi connectivity index (χ3n) is 3.84. The zero-order chi connectivity index (χ0) is 13.4. The SMILES string of the molecule is CCN1CCN(C(=O)CCCCCC(C)C)CC1. The average molecular weight is 254 g/mol. The maximum absolute atomic E-state index is 12.0. The minimum atomic E-state index is 0.371. The van der Waals surface area contributed by atoms with E-state index in [9.17, 15) is 4.79 Å². The van der Waals surface area contributed by atoms with E-state index >= 15 is 0 Å². The van der Waals surface area contributed by atoms with Gasteiger partial charge in [0.1, 0.15) is 0 Å². The lowest BCUT2D eigenvalue weighted by Crippen LogP contribution is -2.48. The summed E-state index contributed by atoms with van der Waals surface area (Å²) in [5.41, 5.74) is 0. The van der Waals surface area contributed by atoms with Gasteiger partial charge in [-0.15, -0.1) is 0 Å². The van der Waals surface area contributed by atoms with Crippen molar-refractivity contribution < 1.29 is 4.79 Å². The summed E-state index contributed by atoms with van der Waals surface area (Å²) in [4.78, 5) is 16.5. The zero-order valence-electron chi connectivity index (χ0n) is 12.5. The monoisotopic (exact) mass is 254 g/mol. The lowest BCUT2D eigenvalue weighted by atomic mass is 10.0. The summed E-state index contributed by atoms with van der Waals surface area (Å²) in [6.07, 6.45) is 5.60. The number of unbranched alkanes of at least 4 members (excludes halogenated alkanes) is 2. The van der Waals surface area contributed by atoms with Crippen LogP contribution in [0.3, 0.4) is 0 Å². The first-order valence-corrected chi connectivity index (χ1v) is 7.63. The predicted molar refractivity (Wildman–Crippen MR) is 76.6 cm³/mol. The van der Waals surface area contributed by atoms with Crippen LogP contribution in [-0.4, -0.2) is 48.4 Å². The van der Waals surface area contributed by atoms with Crippen molar-refractivity contribution in [2.45, 2.75) is 52.9 Å². The molecule has 0 saturated carbocycles. The van der Waals surface area contributed by atoms with Gasteiger partial charge in [0.2, 0.25) is 5.91 Å². The maximum Gasteiger partial charge on any atom is 0.222 e. The van der Waals surface area contributed by atoms with Crippen molar-refractivity contribution in [3.05, 3.63) is 0 Å². The van der Waals surface area contributed by atoms with Crippen LogP contribution >= 0.6 is 0 Å². The van der Waals surface area contributed by atoms with Crippen molar-refractivity contribution in [3.63, 3.8) is 0 Å². The third-order valence-corrected chi connectivity index (χ3v) is 3.84. The number of hydrogen-bond donors (Lipinski definition) is 0. The second-order valence-electron chi connectivity index (χ2n) is 5.81. The van der Waals surface area contributed by atoms with Gasteiger partial charge in [-0.2, -0.15) is 0 Å². The molecule has 1 heterocycles. The van der Waals surface area contributed by atoms with E-state index in [-0.39, 0.29) is 0 Å². The molecule has 1 rings (SSSR count). The molecule has 3 heteroatoms. The average Bonchev–Trinajstić information content (AvgIpc) is 2.38. The third kappa shape index (κ3) is 5.85. The molecule has 1 aliphatic heterocycles. The number of piperazine rings is 1. The molecule has 3 nitrogen and oxygen atoms in total.